The summed E-state index contributed by atoms with van der Waals surface area (Å²) in [5.41, 5.74) is 0.945. The fourth-order valence-corrected chi connectivity index (χ4v) is 2.13. The Morgan fingerprint density at radius 3 is 2.50 bits per heavy atom. The summed E-state index contributed by atoms with van der Waals surface area (Å²) in [6.07, 6.45) is 4.77. The third-order valence-corrected chi connectivity index (χ3v) is 3.36. The first-order valence-electron chi connectivity index (χ1n) is 5.43. The van der Waals surface area contributed by atoms with E-state index in [4.69, 9.17) is 32.2 Å². The minimum atomic E-state index is -0.361. The summed E-state index contributed by atoms with van der Waals surface area (Å²) < 4.78 is 16.5. The summed E-state index contributed by atoms with van der Waals surface area (Å²) in [5.74, 6) is 2.50. The van der Waals surface area contributed by atoms with Crippen LogP contribution in [0.1, 0.15) is 11.9 Å². The molecule has 1 saturated heterocycles. The van der Waals surface area contributed by atoms with Crippen molar-refractivity contribution in [2.24, 2.45) is 0 Å². The lowest BCUT2D eigenvalue weighted by molar-refractivity contribution is -0.229. The summed E-state index contributed by atoms with van der Waals surface area (Å²) >= 11 is 7.87. The molecule has 18 heavy (non-hydrogen) atoms. The minimum Gasteiger partial charge on any atom is -0.348 e. The van der Waals surface area contributed by atoms with E-state index in [2.05, 4.69) is 5.92 Å². The van der Waals surface area contributed by atoms with Crippen LogP contribution >= 0.6 is 34.2 Å². The Kier molecular flexibility index (Phi) is 5.27. The molecule has 1 aliphatic heterocycles. The summed E-state index contributed by atoms with van der Waals surface area (Å²) in [6, 6.07) is 7.39. The van der Waals surface area contributed by atoms with Gasteiger partial charge in [0.25, 0.3) is 0 Å². The van der Waals surface area contributed by atoms with Crippen molar-refractivity contribution in [2.45, 2.75) is 16.5 Å². The van der Waals surface area contributed by atoms with Crippen LogP contribution < -0.4 is 0 Å². The number of hydrogen-bond acceptors (Lipinski definition) is 3. The molecule has 0 saturated carbocycles. The SMILES string of the molecule is C#CC(I)OC1COC(c2ccc(Cl)cc2)OC1. The van der Waals surface area contributed by atoms with E-state index in [0.29, 0.717) is 18.2 Å². The number of hydrogen-bond donors (Lipinski definition) is 0. The quantitative estimate of drug-likeness (QED) is 0.459. The highest BCUT2D eigenvalue weighted by Gasteiger charge is 2.25. The standard InChI is InChI=1S/C13H12ClIO3/c1-2-12(15)18-11-7-16-13(17-8-11)9-3-5-10(14)6-4-9/h1,3-6,11-13H,7-8H2. The predicted octanol–water partition coefficient (Wildman–Crippen LogP) is 3.16. The molecule has 0 radical (unpaired) electrons. The Hall–Kier alpha value is -0.320. The van der Waals surface area contributed by atoms with E-state index in [-0.39, 0.29) is 16.5 Å². The lowest BCUT2D eigenvalue weighted by Gasteiger charge is -2.30. The van der Waals surface area contributed by atoms with Crippen molar-refractivity contribution < 1.29 is 14.2 Å². The zero-order valence-electron chi connectivity index (χ0n) is 9.51. The highest BCUT2D eigenvalue weighted by molar-refractivity contribution is 14.1. The normalized spacial score (nSPS) is 25.4. The lowest BCUT2D eigenvalue weighted by atomic mass is 10.2. The highest BCUT2D eigenvalue weighted by atomic mass is 127. The largest absolute Gasteiger partial charge is 0.348 e. The van der Waals surface area contributed by atoms with Crippen LogP contribution in [0.4, 0.5) is 0 Å². The summed E-state index contributed by atoms with van der Waals surface area (Å²) in [7, 11) is 0. The van der Waals surface area contributed by atoms with Crippen molar-refractivity contribution in [1.82, 2.24) is 0 Å². The molecule has 1 unspecified atom stereocenters. The van der Waals surface area contributed by atoms with Crippen LogP contribution in [0.15, 0.2) is 24.3 Å². The maximum absolute atomic E-state index is 5.83. The molecule has 0 bridgehead atoms. The zero-order valence-corrected chi connectivity index (χ0v) is 12.4. The molecule has 5 heteroatoms. The van der Waals surface area contributed by atoms with Crippen LogP contribution in [0.3, 0.4) is 0 Å². The Labute approximate surface area is 125 Å². The van der Waals surface area contributed by atoms with Crippen molar-refractivity contribution in [3.05, 3.63) is 34.9 Å². The van der Waals surface area contributed by atoms with E-state index in [1.165, 1.54) is 0 Å². The van der Waals surface area contributed by atoms with Gasteiger partial charge in [-0.15, -0.1) is 6.42 Å². The highest BCUT2D eigenvalue weighted by Crippen LogP contribution is 2.25. The molecule has 0 aliphatic carbocycles. The van der Waals surface area contributed by atoms with Crippen molar-refractivity contribution in [1.29, 1.82) is 0 Å². The van der Waals surface area contributed by atoms with E-state index >= 15 is 0 Å². The Morgan fingerprint density at radius 2 is 1.94 bits per heavy atom. The molecule has 0 amide bonds. The third kappa shape index (κ3) is 3.84. The number of halogens is 2. The van der Waals surface area contributed by atoms with Gasteiger partial charge in [0.1, 0.15) is 6.10 Å². The van der Waals surface area contributed by atoms with Gasteiger partial charge in [-0.1, -0.05) is 29.7 Å². The van der Waals surface area contributed by atoms with Gasteiger partial charge >= 0.3 is 0 Å². The molecule has 0 aromatic heterocycles. The van der Waals surface area contributed by atoms with Crippen LogP contribution in [-0.2, 0) is 14.2 Å². The van der Waals surface area contributed by atoms with Crippen LogP contribution in [0.5, 0.6) is 0 Å². The molecule has 2 rings (SSSR count). The van der Waals surface area contributed by atoms with Gasteiger partial charge in [-0.05, 0) is 34.7 Å². The number of alkyl halides is 1. The van der Waals surface area contributed by atoms with Gasteiger partial charge < -0.3 is 14.2 Å². The first-order chi connectivity index (χ1) is 8.69. The van der Waals surface area contributed by atoms with Gasteiger partial charge in [-0.3, -0.25) is 0 Å². The second-order valence-corrected chi connectivity index (χ2v) is 5.36. The summed E-state index contributed by atoms with van der Waals surface area (Å²) in [4.78, 5) is 0. The maximum atomic E-state index is 5.83. The Morgan fingerprint density at radius 1 is 1.33 bits per heavy atom. The van der Waals surface area contributed by atoms with Crippen molar-refractivity contribution in [2.75, 3.05) is 13.2 Å². The molecule has 1 aliphatic rings. The molecule has 1 aromatic rings. The molecule has 3 nitrogen and oxygen atoms in total. The molecule has 0 N–H and O–H groups in total. The van der Waals surface area contributed by atoms with Crippen LogP contribution in [-0.4, -0.2) is 23.4 Å². The second-order valence-electron chi connectivity index (χ2n) is 3.79. The maximum Gasteiger partial charge on any atom is 0.184 e. The van der Waals surface area contributed by atoms with E-state index in [0.717, 1.165) is 5.56 Å². The topological polar surface area (TPSA) is 27.7 Å². The van der Waals surface area contributed by atoms with Gasteiger partial charge in [0.15, 0.2) is 10.4 Å². The van der Waals surface area contributed by atoms with Gasteiger partial charge in [0.2, 0.25) is 0 Å². The average Bonchev–Trinajstić information content (AvgIpc) is 2.40. The van der Waals surface area contributed by atoms with Gasteiger partial charge in [0.05, 0.1) is 13.2 Å². The van der Waals surface area contributed by atoms with Crippen LogP contribution in [0.25, 0.3) is 0 Å². The lowest BCUT2D eigenvalue weighted by Crippen LogP contribution is -2.34. The fourth-order valence-electron chi connectivity index (χ4n) is 1.58. The first-order valence-corrected chi connectivity index (χ1v) is 7.05. The number of benzene rings is 1. The van der Waals surface area contributed by atoms with E-state index < -0.39 is 0 Å². The van der Waals surface area contributed by atoms with Gasteiger partial charge in [-0.25, -0.2) is 0 Å². The summed E-state index contributed by atoms with van der Waals surface area (Å²) in [5, 5.41) is 0.692. The monoisotopic (exact) mass is 378 g/mol. The van der Waals surface area contributed by atoms with Crippen LogP contribution in [0.2, 0.25) is 5.02 Å². The smallest absolute Gasteiger partial charge is 0.184 e. The average molecular weight is 379 g/mol. The molecule has 1 atom stereocenters. The molecule has 0 spiro atoms. The molecule has 1 aromatic carbocycles. The predicted molar refractivity (Wildman–Crippen MR) is 77.6 cm³/mol. The number of terminal acetylenes is 1. The molecular formula is C13H12ClIO3. The minimum absolute atomic E-state index is 0.119. The fraction of sp³-hybridized carbons (Fsp3) is 0.385. The molecule has 96 valence electrons. The Bertz CT molecular complexity index is 421. The van der Waals surface area contributed by atoms with E-state index in [1.807, 2.05) is 46.9 Å². The van der Waals surface area contributed by atoms with Gasteiger partial charge in [-0.2, -0.15) is 0 Å². The molecule has 1 heterocycles. The van der Waals surface area contributed by atoms with Crippen molar-refractivity contribution in [3.8, 4) is 12.3 Å². The van der Waals surface area contributed by atoms with E-state index in [1.54, 1.807) is 0 Å². The Balaban J connectivity index is 1.87. The van der Waals surface area contributed by atoms with Crippen molar-refractivity contribution >= 4 is 34.2 Å². The van der Waals surface area contributed by atoms with Crippen molar-refractivity contribution in [3.63, 3.8) is 0 Å². The second kappa shape index (κ2) is 6.73. The van der Waals surface area contributed by atoms with Gasteiger partial charge in [0, 0.05) is 10.6 Å². The van der Waals surface area contributed by atoms with Crippen LogP contribution in [0, 0.1) is 12.3 Å². The zero-order chi connectivity index (χ0) is 13.0. The molecular weight excluding hydrogens is 366 g/mol. The number of ether oxygens (including phenoxy) is 3. The first kappa shape index (κ1) is 14.1. The summed E-state index contributed by atoms with van der Waals surface area (Å²) in [6.45, 7) is 0.933. The number of rotatable bonds is 3. The third-order valence-electron chi connectivity index (χ3n) is 2.45. The molecule has 1 fully saturated rings. The van der Waals surface area contributed by atoms with E-state index in [9.17, 15) is 0 Å².